The maximum absolute atomic E-state index is 11.7. The lowest BCUT2D eigenvalue weighted by Gasteiger charge is -2.20. The average molecular weight is 311 g/mol. The van der Waals surface area contributed by atoms with Crippen LogP contribution < -0.4 is 10.9 Å². The molecule has 1 aromatic heterocycles. The van der Waals surface area contributed by atoms with Gasteiger partial charge in [-0.3, -0.25) is 4.79 Å². The zero-order chi connectivity index (χ0) is 14.9. The van der Waals surface area contributed by atoms with Crippen molar-refractivity contribution in [2.75, 3.05) is 20.3 Å². The van der Waals surface area contributed by atoms with Gasteiger partial charge in [0.2, 0.25) is 0 Å². The van der Waals surface area contributed by atoms with Crippen LogP contribution in [0.2, 0.25) is 0 Å². The Morgan fingerprint density at radius 3 is 3.00 bits per heavy atom. The fourth-order valence-electron chi connectivity index (χ4n) is 2.54. The first kappa shape index (κ1) is 16.5. The van der Waals surface area contributed by atoms with Gasteiger partial charge in [0, 0.05) is 31.5 Å². The first-order valence-corrected chi connectivity index (χ1v) is 8.73. The minimum atomic E-state index is -0.0622. The Labute approximate surface area is 130 Å². The summed E-state index contributed by atoms with van der Waals surface area (Å²) in [6.07, 6.45) is 6.64. The van der Waals surface area contributed by atoms with Gasteiger partial charge in [-0.15, -0.1) is 0 Å². The summed E-state index contributed by atoms with van der Waals surface area (Å²) in [5.41, 5.74) is 0.738. The first-order chi connectivity index (χ1) is 10.3. The van der Waals surface area contributed by atoms with Crippen molar-refractivity contribution in [2.24, 2.45) is 0 Å². The number of aromatic amines is 1. The van der Waals surface area contributed by atoms with Crippen molar-refractivity contribution < 1.29 is 4.74 Å². The molecule has 1 fully saturated rings. The lowest BCUT2D eigenvalue weighted by molar-refractivity contribution is 0.199. The monoisotopic (exact) mass is 311 g/mol. The molecular formula is C15H25N3O2S. The Morgan fingerprint density at radius 2 is 2.24 bits per heavy atom. The second kappa shape index (κ2) is 9.23. The van der Waals surface area contributed by atoms with Gasteiger partial charge in [-0.25, -0.2) is 4.98 Å². The van der Waals surface area contributed by atoms with E-state index in [1.807, 2.05) is 11.8 Å². The number of nitrogens with one attached hydrogen (secondary N) is 2. The molecular weight excluding hydrogens is 286 g/mol. The molecule has 1 saturated carbocycles. The lowest BCUT2D eigenvalue weighted by atomic mass is 10.0. The Balaban J connectivity index is 1.84. The van der Waals surface area contributed by atoms with Crippen molar-refractivity contribution in [1.82, 2.24) is 15.3 Å². The van der Waals surface area contributed by atoms with Gasteiger partial charge >= 0.3 is 0 Å². The number of hydrogen-bond donors (Lipinski definition) is 2. The highest BCUT2D eigenvalue weighted by Gasteiger charge is 2.14. The molecule has 1 aliphatic carbocycles. The van der Waals surface area contributed by atoms with Crippen LogP contribution in [0.15, 0.2) is 10.9 Å². The standard InChI is InChI=1S/C15H25N3O2S/c1-20-8-7-16-10-12-9-15(19)18-14(17-12)11-21-13-5-3-2-4-6-13/h9,13,16H,2-8,10-11H2,1H3,(H,17,18,19). The molecule has 5 nitrogen and oxygen atoms in total. The van der Waals surface area contributed by atoms with Crippen LogP contribution in [0.3, 0.4) is 0 Å². The zero-order valence-corrected chi connectivity index (χ0v) is 13.5. The fraction of sp³-hybridized carbons (Fsp3) is 0.733. The van der Waals surface area contributed by atoms with Crippen LogP contribution in [0.25, 0.3) is 0 Å². The highest BCUT2D eigenvalue weighted by molar-refractivity contribution is 7.99. The van der Waals surface area contributed by atoms with E-state index in [4.69, 9.17) is 4.74 Å². The van der Waals surface area contributed by atoms with E-state index in [1.54, 1.807) is 13.2 Å². The molecule has 0 spiro atoms. The predicted molar refractivity (Wildman–Crippen MR) is 86.6 cm³/mol. The Hall–Kier alpha value is -0.850. The molecule has 1 aromatic rings. The maximum Gasteiger partial charge on any atom is 0.251 e. The van der Waals surface area contributed by atoms with E-state index in [0.717, 1.165) is 29.1 Å². The Bertz CT molecular complexity index is 472. The summed E-state index contributed by atoms with van der Waals surface area (Å²) in [7, 11) is 1.67. The van der Waals surface area contributed by atoms with Crippen LogP contribution in [0.5, 0.6) is 0 Å². The van der Waals surface area contributed by atoms with Crippen LogP contribution in [-0.4, -0.2) is 35.5 Å². The van der Waals surface area contributed by atoms with Gasteiger partial charge in [-0.2, -0.15) is 11.8 Å². The van der Waals surface area contributed by atoms with E-state index in [1.165, 1.54) is 32.1 Å². The quantitative estimate of drug-likeness (QED) is 0.720. The van der Waals surface area contributed by atoms with Crippen LogP contribution in [0.4, 0.5) is 0 Å². The molecule has 0 saturated heterocycles. The van der Waals surface area contributed by atoms with E-state index in [2.05, 4.69) is 15.3 Å². The molecule has 2 N–H and O–H groups in total. The highest BCUT2D eigenvalue weighted by atomic mass is 32.2. The highest BCUT2D eigenvalue weighted by Crippen LogP contribution is 2.29. The largest absolute Gasteiger partial charge is 0.383 e. The van der Waals surface area contributed by atoms with Crippen molar-refractivity contribution in [1.29, 1.82) is 0 Å². The minimum Gasteiger partial charge on any atom is -0.383 e. The van der Waals surface area contributed by atoms with Gasteiger partial charge < -0.3 is 15.0 Å². The van der Waals surface area contributed by atoms with Crippen LogP contribution in [0, 0.1) is 0 Å². The zero-order valence-electron chi connectivity index (χ0n) is 12.7. The molecule has 1 aliphatic rings. The maximum atomic E-state index is 11.7. The smallest absolute Gasteiger partial charge is 0.251 e. The van der Waals surface area contributed by atoms with Crippen molar-refractivity contribution >= 4 is 11.8 Å². The minimum absolute atomic E-state index is 0.0622. The normalized spacial score (nSPS) is 16.2. The molecule has 0 atom stereocenters. The SMILES string of the molecule is COCCNCc1cc(=O)[nH]c(CSC2CCCCC2)n1. The van der Waals surface area contributed by atoms with Crippen LogP contribution >= 0.6 is 11.8 Å². The molecule has 0 radical (unpaired) electrons. The Morgan fingerprint density at radius 1 is 1.43 bits per heavy atom. The third kappa shape index (κ3) is 6.20. The molecule has 0 aliphatic heterocycles. The molecule has 0 bridgehead atoms. The third-order valence-electron chi connectivity index (χ3n) is 3.64. The van der Waals surface area contributed by atoms with Gasteiger partial charge in [-0.05, 0) is 12.8 Å². The number of H-pyrrole nitrogens is 1. The molecule has 21 heavy (non-hydrogen) atoms. The van der Waals surface area contributed by atoms with Crippen molar-refractivity contribution in [3.05, 3.63) is 27.9 Å². The van der Waals surface area contributed by atoms with Gasteiger partial charge in [0.15, 0.2) is 0 Å². The second-order valence-electron chi connectivity index (χ2n) is 5.42. The topological polar surface area (TPSA) is 67.0 Å². The number of thioether (sulfide) groups is 1. The summed E-state index contributed by atoms with van der Waals surface area (Å²) in [5.74, 6) is 1.59. The van der Waals surface area contributed by atoms with Crippen LogP contribution in [-0.2, 0) is 17.0 Å². The van der Waals surface area contributed by atoms with Crippen molar-refractivity contribution in [3.8, 4) is 0 Å². The van der Waals surface area contributed by atoms with Crippen molar-refractivity contribution in [3.63, 3.8) is 0 Å². The average Bonchev–Trinajstić information content (AvgIpc) is 2.50. The summed E-state index contributed by atoms with van der Waals surface area (Å²) in [6.45, 7) is 2.03. The summed E-state index contributed by atoms with van der Waals surface area (Å²) in [5, 5.41) is 3.94. The van der Waals surface area contributed by atoms with E-state index in [0.29, 0.717) is 13.2 Å². The third-order valence-corrected chi connectivity index (χ3v) is 5.02. The number of aromatic nitrogens is 2. The summed E-state index contributed by atoms with van der Waals surface area (Å²) < 4.78 is 4.98. The summed E-state index contributed by atoms with van der Waals surface area (Å²) >= 11 is 1.93. The predicted octanol–water partition coefficient (Wildman–Crippen LogP) is 2.07. The Kier molecular flexibility index (Phi) is 7.26. The van der Waals surface area contributed by atoms with E-state index < -0.39 is 0 Å². The van der Waals surface area contributed by atoms with Gasteiger partial charge in [0.25, 0.3) is 5.56 Å². The molecule has 0 amide bonds. The number of hydrogen-bond acceptors (Lipinski definition) is 5. The molecule has 0 aromatic carbocycles. The number of methoxy groups -OCH3 is 1. The second-order valence-corrected chi connectivity index (χ2v) is 6.71. The molecule has 1 heterocycles. The summed E-state index contributed by atoms with van der Waals surface area (Å²) in [6, 6.07) is 1.56. The van der Waals surface area contributed by atoms with E-state index in [-0.39, 0.29) is 5.56 Å². The van der Waals surface area contributed by atoms with Crippen LogP contribution in [0.1, 0.15) is 43.6 Å². The van der Waals surface area contributed by atoms with Gasteiger partial charge in [0.05, 0.1) is 18.1 Å². The van der Waals surface area contributed by atoms with Crippen molar-refractivity contribution in [2.45, 2.75) is 49.7 Å². The number of nitrogens with zero attached hydrogens (tertiary/aromatic N) is 1. The fourth-order valence-corrected chi connectivity index (χ4v) is 3.74. The lowest BCUT2D eigenvalue weighted by Crippen LogP contribution is -2.22. The van der Waals surface area contributed by atoms with E-state index in [9.17, 15) is 4.79 Å². The molecule has 6 heteroatoms. The first-order valence-electron chi connectivity index (χ1n) is 7.68. The number of rotatable bonds is 8. The van der Waals surface area contributed by atoms with Gasteiger partial charge in [-0.1, -0.05) is 19.3 Å². The number of ether oxygens (including phenoxy) is 1. The van der Waals surface area contributed by atoms with Gasteiger partial charge in [0.1, 0.15) is 5.82 Å². The summed E-state index contributed by atoms with van der Waals surface area (Å²) in [4.78, 5) is 19.1. The molecule has 118 valence electrons. The molecule has 2 rings (SSSR count). The van der Waals surface area contributed by atoms with E-state index >= 15 is 0 Å². The molecule has 0 unspecified atom stereocenters.